The van der Waals surface area contributed by atoms with E-state index in [1.165, 1.54) is 12.1 Å². The summed E-state index contributed by atoms with van der Waals surface area (Å²) in [6, 6.07) is 6.31. The summed E-state index contributed by atoms with van der Waals surface area (Å²) in [5.74, 6) is -0.534. The fourth-order valence-corrected chi connectivity index (χ4v) is 2.73. The van der Waals surface area contributed by atoms with E-state index < -0.39 is 0 Å². The smallest absolute Gasteiger partial charge is 0.306 e. The Bertz CT molecular complexity index is 481. The van der Waals surface area contributed by atoms with Crippen LogP contribution in [-0.2, 0) is 14.3 Å². The van der Waals surface area contributed by atoms with Crippen molar-refractivity contribution in [2.75, 3.05) is 6.61 Å². The van der Waals surface area contributed by atoms with E-state index in [9.17, 15) is 14.0 Å². The van der Waals surface area contributed by atoms with Gasteiger partial charge in [0.05, 0.1) is 13.0 Å². The number of hydrogen-bond acceptors (Lipinski definition) is 3. The number of esters is 1. The van der Waals surface area contributed by atoms with Crippen molar-refractivity contribution in [1.82, 2.24) is 0 Å². The number of benzene rings is 1. The van der Waals surface area contributed by atoms with Crippen LogP contribution in [0.2, 0.25) is 0 Å². The van der Waals surface area contributed by atoms with Crippen LogP contribution in [0.15, 0.2) is 24.3 Å². The van der Waals surface area contributed by atoms with Crippen molar-refractivity contribution in [1.29, 1.82) is 0 Å². The minimum absolute atomic E-state index is 0.110. The van der Waals surface area contributed by atoms with Gasteiger partial charge < -0.3 is 4.74 Å². The number of ether oxygens (including phenoxy) is 1. The molecule has 1 aromatic rings. The number of ketones is 1. The molecule has 20 heavy (non-hydrogen) atoms. The predicted octanol–water partition coefficient (Wildman–Crippen LogP) is 3.23. The van der Waals surface area contributed by atoms with Crippen LogP contribution in [0.3, 0.4) is 0 Å². The Morgan fingerprint density at radius 2 is 2.00 bits per heavy atom. The predicted molar refractivity (Wildman–Crippen MR) is 72.7 cm³/mol. The number of hydrogen-bond donors (Lipinski definition) is 0. The summed E-state index contributed by atoms with van der Waals surface area (Å²) in [5.41, 5.74) is 0.995. The molecule has 0 amide bonds. The van der Waals surface area contributed by atoms with E-state index in [4.69, 9.17) is 4.74 Å². The molecule has 2 atom stereocenters. The summed E-state index contributed by atoms with van der Waals surface area (Å²) in [6.45, 7) is 2.10. The summed E-state index contributed by atoms with van der Waals surface area (Å²) >= 11 is 0. The first-order valence-corrected chi connectivity index (χ1v) is 7.04. The van der Waals surface area contributed by atoms with Gasteiger partial charge in [-0.1, -0.05) is 12.1 Å². The summed E-state index contributed by atoms with van der Waals surface area (Å²) in [6.07, 6.45) is 2.15. The minimum atomic E-state index is -0.300. The zero-order chi connectivity index (χ0) is 14.5. The molecule has 4 heteroatoms. The van der Waals surface area contributed by atoms with Crippen molar-refractivity contribution < 1.29 is 18.7 Å². The van der Waals surface area contributed by atoms with Gasteiger partial charge in [0, 0.05) is 12.3 Å². The lowest BCUT2D eigenvalue weighted by Gasteiger charge is -2.27. The lowest BCUT2D eigenvalue weighted by molar-refractivity contribution is -0.146. The molecule has 108 valence electrons. The van der Waals surface area contributed by atoms with Crippen molar-refractivity contribution >= 4 is 11.8 Å². The van der Waals surface area contributed by atoms with Crippen molar-refractivity contribution in [3.05, 3.63) is 35.6 Å². The SMILES string of the molecule is CCOC(=O)CC1CCC(c2ccc(F)cc2)CC1=O. The fourth-order valence-electron chi connectivity index (χ4n) is 2.73. The normalized spacial score (nSPS) is 22.6. The van der Waals surface area contributed by atoms with Gasteiger partial charge in [-0.25, -0.2) is 4.39 Å². The van der Waals surface area contributed by atoms with Crippen LogP contribution < -0.4 is 0 Å². The van der Waals surface area contributed by atoms with Gasteiger partial charge in [-0.2, -0.15) is 0 Å². The Morgan fingerprint density at radius 3 is 2.60 bits per heavy atom. The molecular formula is C16H19FO3. The van der Waals surface area contributed by atoms with Gasteiger partial charge in [0.25, 0.3) is 0 Å². The monoisotopic (exact) mass is 278 g/mol. The van der Waals surface area contributed by atoms with Gasteiger partial charge in [0.15, 0.2) is 0 Å². The highest BCUT2D eigenvalue weighted by atomic mass is 19.1. The van der Waals surface area contributed by atoms with Crippen molar-refractivity contribution in [3.63, 3.8) is 0 Å². The minimum Gasteiger partial charge on any atom is -0.466 e. The topological polar surface area (TPSA) is 43.4 Å². The van der Waals surface area contributed by atoms with E-state index in [2.05, 4.69) is 0 Å². The summed E-state index contributed by atoms with van der Waals surface area (Å²) in [5, 5.41) is 0. The van der Waals surface area contributed by atoms with Gasteiger partial charge in [0.2, 0.25) is 0 Å². The van der Waals surface area contributed by atoms with E-state index in [0.717, 1.165) is 12.0 Å². The quantitative estimate of drug-likeness (QED) is 0.794. The molecule has 1 fully saturated rings. The number of rotatable bonds is 4. The maximum Gasteiger partial charge on any atom is 0.306 e. The molecule has 2 unspecified atom stereocenters. The van der Waals surface area contributed by atoms with Crippen LogP contribution in [0, 0.1) is 11.7 Å². The Morgan fingerprint density at radius 1 is 1.30 bits per heavy atom. The molecule has 0 heterocycles. The first-order valence-electron chi connectivity index (χ1n) is 7.04. The zero-order valence-corrected chi connectivity index (χ0v) is 11.6. The van der Waals surface area contributed by atoms with E-state index in [-0.39, 0.29) is 35.8 Å². The highest BCUT2D eigenvalue weighted by Gasteiger charge is 2.31. The van der Waals surface area contributed by atoms with Crippen LogP contribution in [-0.4, -0.2) is 18.4 Å². The largest absolute Gasteiger partial charge is 0.466 e. The van der Waals surface area contributed by atoms with Crippen molar-refractivity contribution in [3.8, 4) is 0 Å². The number of halogens is 1. The van der Waals surface area contributed by atoms with E-state index in [1.807, 2.05) is 0 Å². The van der Waals surface area contributed by atoms with Gasteiger partial charge in [-0.15, -0.1) is 0 Å². The third kappa shape index (κ3) is 3.65. The second-order valence-electron chi connectivity index (χ2n) is 5.20. The second kappa shape index (κ2) is 6.64. The fraction of sp³-hybridized carbons (Fsp3) is 0.500. The average Bonchev–Trinajstić information content (AvgIpc) is 2.42. The van der Waals surface area contributed by atoms with Crippen LogP contribution in [0.4, 0.5) is 4.39 Å². The summed E-state index contributed by atoms with van der Waals surface area (Å²) < 4.78 is 17.8. The average molecular weight is 278 g/mol. The van der Waals surface area contributed by atoms with Crippen molar-refractivity contribution in [2.24, 2.45) is 5.92 Å². The molecule has 0 aromatic heterocycles. The van der Waals surface area contributed by atoms with E-state index in [0.29, 0.717) is 19.4 Å². The summed E-state index contributed by atoms with van der Waals surface area (Å²) in [4.78, 5) is 23.5. The molecule has 2 rings (SSSR count). The standard InChI is InChI=1S/C16H19FO3/c1-2-20-16(19)10-13-4-3-12(9-15(13)18)11-5-7-14(17)8-6-11/h5-8,12-13H,2-4,9-10H2,1H3. The molecule has 1 aliphatic rings. The van der Waals surface area contributed by atoms with Crippen LogP contribution >= 0.6 is 0 Å². The molecule has 0 N–H and O–H groups in total. The third-order valence-electron chi connectivity index (χ3n) is 3.83. The third-order valence-corrected chi connectivity index (χ3v) is 3.83. The molecule has 0 spiro atoms. The van der Waals surface area contributed by atoms with E-state index in [1.54, 1.807) is 19.1 Å². The molecule has 3 nitrogen and oxygen atoms in total. The molecule has 0 bridgehead atoms. The van der Waals surface area contributed by atoms with E-state index >= 15 is 0 Å². The molecule has 1 saturated carbocycles. The Labute approximate surface area is 118 Å². The molecule has 1 aliphatic carbocycles. The number of Topliss-reactive ketones (excluding diaryl/α,β-unsaturated/α-hetero) is 1. The van der Waals surface area contributed by atoms with Crippen molar-refractivity contribution in [2.45, 2.75) is 38.5 Å². The zero-order valence-electron chi connectivity index (χ0n) is 11.6. The first-order chi connectivity index (χ1) is 9.60. The first kappa shape index (κ1) is 14.7. The lowest BCUT2D eigenvalue weighted by atomic mass is 9.77. The maximum absolute atomic E-state index is 12.9. The van der Waals surface area contributed by atoms with Gasteiger partial charge in [-0.3, -0.25) is 9.59 Å². The maximum atomic E-state index is 12.9. The molecular weight excluding hydrogens is 259 g/mol. The number of carbonyl (C=O) groups excluding carboxylic acids is 2. The van der Waals surface area contributed by atoms with Crippen LogP contribution in [0.25, 0.3) is 0 Å². The Balaban J connectivity index is 1.93. The molecule has 0 aliphatic heterocycles. The number of carbonyl (C=O) groups is 2. The molecule has 0 radical (unpaired) electrons. The molecule has 1 aromatic carbocycles. The highest BCUT2D eigenvalue weighted by Crippen LogP contribution is 2.35. The Hall–Kier alpha value is -1.71. The molecule has 0 saturated heterocycles. The van der Waals surface area contributed by atoms with Gasteiger partial charge in [-0.05, 0) is 43.4 Å². The Kier molecular flexibility index (Phi) is 4.88. The van der Waals surface area contributed by atoms with Gasteiger partial charge in [0.1, 0.15) is 11.6 Å². The summed E-state index contributed by atoms with van der Waals surface area (Å²) in [7, 11) is 0. The highest BCUT2D eigenvalue weighted by molar-refractivity contribution is 5.86. The van der Waals surface area contributed by atoms with Crippen LogP contribution in [0.5, 0.6) is 0 Å². The van der Waals surface area contributed by atoms with Gasteiger partial charge >= 0.3 is 5.97 Å². The second-order valence-corrected chi connectivity index (χ2v) is 5.20. The van der Waals surface area contributed by atoms with Crippen LogP contribution in [0.1, 0.15) is 44.1 Å². The lowest BCUT2D eigenvalue weighted by Crippen LogP contribution is -2.26.